The minimum Gasteiger partial charge on any atom is -0.504 e. The van der Waals surface area contributed by atoms with E-state index in [-0.39, 0.29) is 24.5 Å². The second-order valence-corrected chi connectivity index (χ2v) is 4.03. The summed E-state index contributed by atoms with van der Waals surface area (Å²) in [5, 5.41) is 20.5. The number of aromatic hydroxyl groups is 1. The second-order valence-electron chi connectivity index (χ2n) is 4.03. The third-order valence-electron chi connectivity index (χ3n) is 2.53. The van der Waals surface area contributed by atoms with Crippen LogP contribution in [-0.2, 0) is 16.1 Å². The molecule has 0 aliphatic rings. The summed E-state index contributed by atoms with van der Waals surface area (Å²) < 4.78 is 4.96. The summed E-state index contributed by atoms with van der Waals surface area (Å²) in [5.74, 6) is -0.721. The number of carbonyl (C=O) groups excluding carboxylic acids is 1. The average molecular weight is 267 g/mol. The highest BCUT2D eigenvalue weighted by atomic mass is 16.5. The van der Waals surface area contributed by atoms with E-state index in [0.717, 1.165) is 5.56 Å². The van der Waals surface area contributed by atoms with Crippen LogP contribution < -0.4 is 10.1 Å². The van der Waals surface area contributed by atoms with Crippen molar-refractivity contribution in [2.75, 3.05) is 7.11 Å². The Morgan fingerprint density at radius 2 is 2.05 bits per heavy atom. The van der Waals surface area contributed by atoms with Crippen LogP contribution in [0.15, 0.2) is 18.2 Å². The molecule has 3 N–H and O–H groups in total. The number of phenolic OH excluding ortho intramolecular Hbond substituents is 1. The maximum atomic E-state index is 11.4. The van der Waals surface area contributed by atoms with Crippen molar-refractivity contribution in [2.24, 2.45) is 0 Å². The summed E-state index contributed by atoms with van der Waals surface area (Å²) in [6.45, 7) is 0.308. The first-order valence-electron chi connectivity index (χ1n) is 5.87. The number of carbonyl (C=O) groups is 2. The van der Waals surface area contributed by atoms with Crippen molar-refractivity contribution in [1.82, 2.24) is 5.32 Å². The van der Waals surface area contributed by atoms with Crippen molar-refractivity contribution in [3.05, 3.63) is 23.8 Å². The lowest BCUT2D eigenvalue weighted by molar-refractivity contribution is -0.137. The third-order valence-corrected chi connectivity index (χ3v) is 2.53. The van der Waals surface area contributed by atoms with E-state index >= 15 is 0 Å². The fourth-order valence-electron chi connectivity index (χ4n) is 1.52. The number of ether oxygens (including phenoxy) is 1. The Morgan fingerprint density at radius 3 is 2.68 bits per heavy atom. The summed E-state index contributed by atoms with van der Waals surface area (Å²) in [5.41, 5.74) is 0.793. The van der Waals surface area contributed by atoms with Gasteiger partial charge in [-0.3, -0.25) is 9.59 Å². The van der Waals surface area contributed by atoms with Gasteiger partial charge in [0.2, 0.25) is 5.91 Å². The number of benzene rings is 1. The fourth-order valence-corrected chi connectivity index (χ4v) is 1.52. The number of hydrogen-bond donors (Lipinski definition) is 3. The Bertz CT molecular complexity index is 458. The van der Waals surface area contributed by atoms with Crippen molar-refractivity contribution < 1.29 is 24.5 Å². The quantitative estimate of drug-likeness (QED) is 0.691. The van der Waals surface area contributed by atoms with Crippen LogP contribution in [0.25, 0.3) is 0 Å². The summed E-state index contributed by atoms with van der Waals surface area (Å²) in [6.07, 6.45) is 0.488. The van der Waals surface area contributed by atoms with E-state index in [9.17, 15) is 14.7 Å². The number of rotatable bonds is 7. The van der Waals surface area contributed by atoms with Crippen LogP contribution in [0.1, 0.15) is 24.8 Å². The molecule has 0 fully saturated rings. The molecule has 0 aromatic heterocycles. The molecule has 1 aromatic carbocycles. The molecule has 6 nitrogen and oxygen atoms in total. The molecule has 1 amide bonds. The van der Waals surface area contributed by atoms with Gasteiger partial charge in [0.25, 0.3) is 0 Å². The van der Waals surface area contributed by atoms with Gasteiger partial charge in [-0.1, -0.05) is 6.07 Å². The van der Waals surface area contributed by atoms with Gasteiger partial charge in [0.1, 0.15) is 0 Å². The molecule has 6 heteroatoms. The molecule has 0 atom stereocenters. The average Bonchev–Trinajstić information content (AvgIpc) is 2.37. The topological polar surface area (TPSA) is 95.9 Å². The number of aliphatic carboxylic acids is 1. The number of amides is 1. The second kappa shape index (κ2) is 7.25. The molecule has 1 aromatic rings. The highest BCUT2D eigenvalue weighted by Gasteiger charge is 2.06. The van der Waals surface area contributed by atoms with Crippen molar-refractivity contribution in [2.45, 2.75) is 25.8 Å². The lowest BCUT2D eigenvalue weighted by atomic mass is 10.2. The zero-order valence-corrected chi connectivity index (χ0v) is 10.7. The smallest absolute Gasteiger partial charge is 0.303 e. The van der Waals surface area contributed by atoms with E-state index in [4.69, 9.17) is 9.84 Å². The molecule has 0 heterocycles. The fraction of sp³-hybridized carbons (Fsp3) is 0.385. The Kier molecular flexibility index (Phi) is 5.66. The monoisotopic (exact) mass is 267 g/mol. The summed E-state index contributed by atoms with van der Waals surface area (Å²) in [7, 11) is 1.45. The van der Waals surface area contributed by atoms with E-state index in [0.29, 0.717) is 18.7 Å². The van der Waals surface area contributed by atoms with Crippen molar-refractivity contribution in [3.8, 4) is 11.5 Å². The van der Waals surface area contributed by atoms with Gasteiger partial charge in [0, 0.05) is 19.4 Å². The van der Waals surface area contributed by atoms with Gasteiger partial charge >= 0.3 is 5.97 Å². The Morgan fingerprint density at radius 1 is 1.32 bits per heavy atom. The van der Waals surface area contributed by atoms with Crippen LogP contribution in [0.5, 0.6) is 11.5 Å². The number of hydrogen-bond acceptors (Lipinski definition) is 4. The maximum absolute atomic E-state index is 11.4. The molecule has 104 valence electrons. The molecular weight excluding hydrogens is 250 g/mol. The Hall–Kier alpha value is -2.24. The number of phenols is 1. The molecule has 0 bridgehead atoms. The zero-order valence-electron chi connectivity index (χ0n) is 10.7. The predicted molar refractivity (Wildman–Crippen MR) is 68.0 cm³/mol. The predicted octanol–water partition coefficient (Wildman–Crippen LogP) is 1.27. The summed E-state index contributed by atoms with van der Waals surface area (Å²) in [6, 6.07) is 4.80. The molecule has 1 rings (SSSR count). The van der Waals surface area contributed by atoms with Crippen molar-refractivity contribution in [3.63, 3.8) is 0 Å². The minimum atomic E-state index is -0.906. The van der Waals surface area contributed by atoms with Gasteiger partial charge in [-0.05, 0) is 24.1 Å². The van der Waals surface area contributed by atoms with Crippen LogP contribution in [0.3, 0.4) is 0 Å². The van der Waals surface area contributed by atoms with Crippen LogP contribution in [-0.4, -0.2) is 29.2 Å². The summed E-state index contributed by atoms with van der Waals surface area (Å²) in [4.78, 5) is 21.7. The first kappa shape index (κ1) is 14.8. The molecular formula is C13H17NO5. The Balaban J connectivity index is 2.39. The SMILES string of the molecule is COc1cc(CNC(=O)CCCC(=O)O)ccc1O. The molecule has 0 spiro atoms. The zero-order chi connectivity index (χ0) is 14.3. The van der Waals surface area contributed by atoms with Crippen LogP contribution in [0.4, 0.5) is 0 Å². The highest BCUT2D eigenvalue weighted by Crippen LogP contribution is 2.26. The van der Waals surface area contributed by atoms with Crippen LogP contribution in [0, 0.1) is 0 Å². The summed E-state index contributed by atoms with van der Waals surface area (Å²) >= 11 is 0. The van der Waals surface area contributed by atoms with E-state index in [2.05, 4.69) is 5.32 Å². The van der Waals surface area contributed by atoms with E-state index in [1.54, 1.807) is 12.1 Å². The molecule has 0 saturated carbocycles. The number of nitrogens with one attached hydrogen (secondary N) is 1. The lowest BCUT2D eigenvalue weighted by Crippen LogP contribution is -2.22. The van der Waals surface area contributed by atoms with E-state index in [1.165, 1.54) is 13.2 Å². The molecule has 0 radical (unpaired) electrons. The molecule has 0 saturated heterocycles. The number of carboxylic acids is 1. The van der Waals surface area contributed by atoms with E-state index in [1.807, 2.05) is 0 Å². The van der Waals surface area contributed by atoms with Gasteiger partial charge in [-0.25, -0.2) is 0 Å². The van der Waals surface area contributed by atoms with Crippen LogP contribution in [0.2, 0.25) is 0 Å². The first-order chi connectivity index (χ1) is 9.02. The van der Waals surface area contributed by atoms with Crippen molar-refractivity contribution in [1.29, 1.82) is 0 Å². The molecule has 0 unspecified atom stereocenters. The van der Waals surface area contributed by atoms with Gasteiger partial charge in [-0.15, -0.1) is 0 Å². The molecule has 19 heavy (non-hydrogen) atoms. The maximum Gasteiger partial charge on any atom is 0.303 e. The lowest BCUT2D eigenvalue weighted by Gasteiger charge is -2.08. The normalized spacial score (nSPS) is 9.95. The first-order valence-corrected chi connectivity index (χ1v) is 5.87. The largest absolute Gasteiger partial charge is 0.504 e. The minimum absolute atomic E-state index is 0.0134. The van der Waals surface area contributed by atoms with Gasteiger partial charge in [-0.2, -0.15) is 0 Å². The van der Waals surface area contributed by atoms with E-state index < -0.39 is 5.97 Å². The Labute approximate surface area is 111 Å². The van der Waals surface area contributed by atoms with Gasteiger partial charge in [0.05, 0.1) is 7.11 Å². The number of methoxy groups -OCH3 is 1. The third kappa shape index (κ3) is 5.29. The standard InChI is InChI=1S/C13H17NO5/c1-19-11-7-9(5-6-10(11)15)8-14-12(16)3-2-4-13(17)18/h5-7,15H,2-4,8H2,1H3,(H,14,16)(H,17,18). The van der Waals surface area contributed by atoms with Gasteiger partial charge in [0.15, 0.2) is 11.5 Å². The molecule has 0 aliphatic heterocycles. The molecule has 0 aliphatic carbocycles. The van der Waals surface area contributed by atoms with Crippen molar-refractivity contribution >= 4 is 11.9 Å². The van der Waals surface area contributed by atoms with Crippen LogP contribution >= 0.6 is 0 Å². The highest BCUT2D eigenvalue weighted by molar-refractivity contribution is 5.76. The number of carboxylic acid groups (broad SMARTS) is 1. The van der Waals surface area contributed by atoms with Gasteiger partial charge < -0.3 is 20.3 Å².